The van der Waals surface area contributed by atoms with Gasteiger partial charge in [-0.3, -0.25) is 4.90 Å². The molecule has 0 fully saturated rings. The molecule has 5 nitrogen and oxygen atoms in total. The third-order valence-electron chi connectivity index (χ3n) is 3.31. The van der Waals surface area contributed by atoms with Crippen LogP contribution in [0.15, 0.2) is 0 Å². The Bertz CT molecular complexity index is 596. The van der Waals surface area contributed by atoms with Gasteiger partial charge in [0.25, 0.3) is 0 Å². The molecule has 0 amide bonds. The lowest BCUT2D eigenvalue weighted by atomic mass is 10.2. The summed E-state index contributed by atoms with van der Waals surface area (Å²) in [4.78, 5) is 13.7. The van der Waals surface area contributed by atoms with Crippen LogP contribution in [0.3, 0.4) is 0 Å². The first-order valence-corrected chi connectivity index (χ1v) is 7.68. The van der Waals surface area contributed by atoms with Gasteiger partial charge in [0, 0.05) is 18.0 Å². The molecule has 0 unspecified atom stereocenters. The average Bonchev–Trinajstić information content (AvgIpc) is 2.65. The lowest BCUT2D eigenvalue weighted by molar-refractivity contribution is 0.215. The number of aliphatic hydroxyl groups excluding tert-OH is 1. The van der Waals surface area contributed by atoms with E-state index in [1.807, 2.05) is 11.9 Å². The maximum absolute atomic E-state index is 8.97. The Balaban J connectivity index is 2.42. The summed E-state index contributed by atoms with van der Waals surface area (Å²) in [6.45, 7) is 8.57. The van der Waals surface area contributed by atoms with E-state index in [2.05, 4.69) is 36.1 Å². The second-order valence-electron chi connectivity index (χ2n) is 4.94. The quantitative estimate of drug-likeness (QED) is 0.855. The van der Waals surface area contributed by atoms with Gasteiger partial charge < -0.3 is 10.4 Å². The molecule has 0 aliphatic carbocycles. The van der Waals surface area contributed by atoms with Crippen molar-refractivity contribution in [2.75, 3.05) is 32.1 Å². The number of fused-ring (bicyclic) bond motifs is 1. The first-order valence-electron chi connectivity index (χ1n) is 6.86. The zero-order valence-corrected chi connectivity index (χ0v) is 13.3. The minimum atomic E-state index is 0.149. The number of hydrogen-bond acceptors (Lipinski definition) is 6. The van der Waals surface area contributed by atoms with Gasteiger partial charge in [0.2, 0.25) is 0 Å². The van der Waals surface area contributed by atoms with E-state index in [-0.39, 0.29) is 6.61 Å². The monoisotopic (exact) mass is 294 g/mol. The lowest BCUT2D eigenvalue weighted by Gasteiger charge is -2.15. The van der Waals surface area contributed by atoms with Crippen molar-refractivity contribution < 1.29 is 5.11 Å². The standard InChI is InChI=1S/C14H22N4OS/c1-5-15-13-12-9(2)10(3)20-14(12)17-11(16-13)8-18(4)6-7-19/h19H,5-8H2,1-4H3,(H,15,16,17). The van der Waals surface area contributed by atoms with E-state index in [1.54, 1.807) is 11.3 Å². The van der Waals surface area contributed by atoms with Crippen LogP contribution < -0.4 is 5.32 Å². The number of aryl methyl sites for hydroxylation is 2. The van der Waals surface area contributed by atoms with E-state index in [0.717, 1.165) is 28.4 Å². The predicted molar refractivity (Wildman–Crippen MR) is 84.5 cm³/mol. The van der Waals surface area contributed by atoms with E-state index in [9.17, 15) is 0 Å². The number of nitrogens with one attached hydrogen (secondary N) is 1. The van der Waals surface area contributed by atoms with Crippen molar-refractivity contribution >= 4 is 27.4 Å². The summed E-state index contributed by atoms with van der Waals surface area (Å²) < 4.78 is 0. The van der Waals surface area contributed by atoms with E-state index < -0.39 is 0 Å². The molecule has 0 aliphatic heterocycles. The van der Waals surface area contributed by atoms with Gasteiger partial charge in [-0.05, 0) is 33.4 Å². The van der Waals surface area contributed by atoms with Crippen molar-refractivity contribution in [2.24, 2.45) is 0 Å². The maximum atomic E-state index is 8.97. The first kappa shape index (κ1) is 15.2. The zero-order chi connectivity index (χ0) is 14.7. The van der Waals surface area contributed by atoms with Crippen LogP contribution in [-0.4, -0.2) is 46.7 Å². The van der Waals surface area contributed by atoms with Crippen molar-refractivity contribution in [3.8, 4) is 0 Å². The SMILES string of the molecule is CCNc1nc(CN(C)CCO)nc2sc(C)c(C)c12. The van der Waals surface area contributed by atoms with Gasteiger partial charge in [0.1, 0.15) is 16.5 Å². The van der Waals surface area contributed by atoms with Gasteiger partial charge in [0.15, 0.2) is 0 Å². The molecule has 0 bridgehead atoms. The molecule has 0 atom stereocenters. The van der Waals surface area contributed by atoms with Crippen molar-refractivity contribution in [1.29, 1.82) is 0 Å². The largest absolute Gasteiger partial charge is 0.395 e. The van der Waals surface area contributed by atoms with Crippen LogP contribution in [0.4, 0.5) is 5.82 Å². The molecule has 0 aromatic carbocycles. The number of likely N-dealkylation sites (N-methyl/N-ethyl adjacent to an activating group) is 1. The normalized spacial score (nSPS) is 11.5. The molecule has 0 spiro atoms. The molecule has 2 aromatic heterocycles. The third kappa shape index (κ3) is 3.08. The van der Waals surface area contributed by atoms with Gasteiger partial charge >= 0.3 is 0 Å². The molecule has 2 heterocycles. The van der Waals surface area contributed by atoms with Crippen LogP contribution in [0.2, 0.25) is 0 Å². The number of anilines is 1. The van der Waals surface area contributed by atoms with Crippen molar-refractivity contribution in [3.05, 3.63) is 16.3 Å². The molecule has 0 saturated carbocycles. The third-order valence-corrected chi connectivity index (χ3v) is 4.41. The van der Waals surface area contributed by atoms with Crippen LogP contribution in [0, 0.1) is 13.8 Å². The maximum Gasteiger partial charge on any atom is 0.146 e. The van der Waals surface area contributed by atoms with Gasteiger partial charge in [-0.25, -0.2) is 9.97 Å². The Kier molecular flexibility index (Phi) is 4.91. The summed E-state index contributed by atoms with van der Waals surface area (Å²) in [5.41, 5.74) is 1.26. The fraction of sp³-hybridized carbons (Fsp3) is 0.571. The molecule has 0 aliphatic rings. The minimum Gasteiger partial charge on any atom is -0.395 e. The average molecular weight is 294 g/mol. The Morgan fingerprint density at radius 1 is 1.30 bits per heavy atom. The first-order chi connectivity index (χ1) is 9.56. The number of aromatic nitrogens is 2. The Hall–Kier alpha value is -1.24. The topological polar surface area (TPSA) is 61.3 Å². The lowest BCUT2D eigenvalue weighted by Crippen LogP contribution is -2.23. The second-order valence-corrected chi connectivity index (χ2v) is 6.15. The molecule has 0 saturated heterocycles. The molecular weight excluding hydrogens is 272 g/mol. The van der Waals surface area contributed by atoms with E-state index in [0.29, 0.717) is 13.1 Å². The molecule has 2 aromatic rings. The van der Waals surface area contributed by atoms with Crippen molar-refractivity contribution in [3.63, 3.8) is 0 Å². The Morgan fingerprint density at radius 2 is 2.05 bits per heavy atom. The van der Waals surface area contributed by atoms with Gasteiger partial charge in [-0.2, -0.15) is 0 Å². The molecule has 6 heteroatoms. The number of rotatable bonds is 6. The van der Waals surface area contributed by atoms with Crippen LogP contribution >= 0.6 is 11.3 Å². The van der Waals surface area contributed by atoms with E-state index in [1.165, 1.54) is 10.4 Å². The van der Waals surface area contributed by atoms with Crippen LogP contribution in [0.1, 0.15) is 23.2 Å². The Morgan fingerprint density at radius 3 is 2.70 bits per heavy atom. The molecule has 0 radical (unpaired) electrons. The molecule has 110 valence electrons. The van der Waals surface area contributed by atoms with Gasteiger partial charge in [0.05, 0.1) is 18.5 Å². The van der Waals surface area contributed by atoms with Gasteiger partial charge in [-0.1, -0.05) is 0 Å². The molecule has 2 rings (SSSR count). The fourth-order valence-corrected chi connectivity index (χ4v) is 3.20. The molecule has 20 heavy (non-hydrogen) atoms. The van der Waals surface area contributed by atoms with Crippen LogP contribution in [-0.2, 0) is 6.54 Å². The summed E-state index contributed by atoms with van der Waals surface area (Å²) in [5.74, 6) is 1.72. The van der Waals surface area contributed by atoms with Crippen LogP contribution in [0.25, 0.3) is 10.2 Å². The highest BCUT2D eigenvalue weighted by Crippen LogP contribution is 2.33. The summed E-state index contributed by atoms with van der Waals surface area (Å²) in [7, 11) is 1.96. The molecule has 2 N–H and O–H groups in total. The summed E-state index contributed by atoms with van der Waals surface area (Å²) >= 11 is 1.71. The highest BCUT2D eigenvalue weighted by Gasteiger charge is 2.14. The minimum absolute atomic E-state index is 0.149. The number of thiophene rings is 1. The van der Waals surface area contributed by atoms with E-state index in [4.69, 9.17) is 5.11 Å². The van der Waals surface area contributed by atoms with Crippen molar-refractivity contribution in [2.45, 2.75) is 27.3 Å². The van der Waals surface area contributed by atoms with Crippen LogP contribution in [0.5, 0.6) is 0 Å². The Labute approximate surface area is 123 Å². The van der Waals surface area contributed by atoms with E-state index >= 15 is 0 Å². The second kappa shape index (κ2) is 6.47. The summed E-state index contributed by atoms with van der Waals surface area (Å²) in [5, 5.41) is 13.5. The summed E-state index contributed by atoms with van der Waals surface area (Å²) in [6.07, 6.45) is 0. The highest BCUT2D eigenvalue weighted by molar-refractivity contribution is 7.18. The molecular formula is C14H22N4OS. The fourth-order valence-electron chi connectivity index (χ4n) is 2.15. The smallest absolute Gasteiger partial charge is 0.146 e. The number of nitrogens with zero attached hydrogens (tertiary/aromatic N) is 3. The van der Waals surface area contributed by atoms with Gasteiger partial charge in [-0.15, -0.1) is 11.3 Å². The highest BCUT2D eigenvalue weighted by atomic mass is 32.1. The number of aliphatic hydroxyl groups is 1. The predicted octanol–water partition coefficient (Wildman–Crippen LogP) is 2.16. The number of hydrogen-bond donors (Lipinski definition) is 2. The summed E-state index contributed by atoms with van der Waals surface area (Å²) in [6, 6.07) is 0. The zero-order valence-electron chi connectivity index (χ0n) is 12.5. The van der Waals surface area contributed by atoms with Crippen molar-refractivity contribution in [1.82, 2.24) is 14.9 Å².